The molecule has 126 valence electrons. The SMILES string of the molecule is CC1(F)OC(F)(OCC(F)F)C(F)(C(F)(F)F)OC1(F)F. The van der Waals surface area contributed by atoms with Gasteiger partial charge in [0.2, 0.25) is 0 Å². The van der Waals surface area contributed by atoms with Crippen molar-refractivity contribution in [3.63, 3.8) is 0 Å². The molecule has 0 aromatic carbocycles. The third-order valence-electron chi connectivity index (χ3n) is 2.26. The van der Waals surface area contributed by atoms with Crippen LogP contribution in [0.4, 0.5) is 43.9 Å². The van der Waals surface area contributed by atoms with Gasteiger partial charge in [0.15, 0.2) is 0 Å². The zero-order chi connectivity index (χ0) is 16.9. The maximum atomic E-state index is 13.7. The smallest absolute Gasteiger partial charge is 0.313 e. The van der Waals surface area contributed by atoms with E-state index in [1.165, 1.54) is 0 Å². The van der Waals surface area contributed by atoms with Crippen LogP contribution < -0.4 is 0 Å². The van der Waals surface area contributed by atoms with Crippen LogP contribution in [0.1, 0.15) is 6.92 Å². The molecule has 3 nitrogen and oxygen atoms in total. The van der Waals surface area contributed by atoms with Gasteiger partial charge in [-0.25, -0.2) is 13.2 Å². The van der Waals surface area contributed by atoms with E-state index in [1.54, 1.807) is 0 Å². The molecule has 1 heterocycles. The zero-order valence-electron chi connectivity index (χ0n) is 9.79. The number of hydrogen-bond donors (Lipinski definition) is 0. The molecule has 1 fully saturated rings. The molecule has 0 aliphatic carbocycles. The van der Waals surface area contributed by atoms with Gasteiger partial charge in [0, 0.05) is 6.92 Å². The molecule has 3 atom stereocenters. The second kappa shape index (κ2) is 4.84. The molecule has 0 aromatic heterocycles. The lowest BCUT2D eigenvalue weighted by Crippen LogP contribution is -2.73. The number of hydrogen-bond acceptors (Lipinski definition) is 3. The molecule has 13 heteroatoms. The Kier molecular flexibility index (Phi) is 4.20. The predicted molar refractivity (Wildman–Crippen MR) is 42.3 cm³/mol. The number of alkyl halides is 10. The van der Waals surface area contributed by atoms with E-state index in [0.717, 1.165) is 0 Å². The van der Waals surface area contributed by atoms with Crippen molar-refractivity contribution in [3.8, 4) is 0 Å². The van der Waals surface area contributed by atoms with E-state index in [0.29, 0.717) is 0 Å². The largest absolute Gasteiger partial charge is 0.457 e. The van der Waals surface area contributed by atoms with Gasteiger partial charge in [0.1, 0.15) is 6.61 Å². The molecule has 21 heavy (non-hydrogen) atoms. The monoisotopic (exact) mass is 340 g/mol. The van der Waals surface area contributed by atoms with Crippen LogP contribution in [0, 0.1) is 0 Å². The first-order chi connectivity index (χ1) is 9.08. The molecular formula is C8H6F10O3. The van der Waals surface area contributed by atoms with Gasteiger partial charge in [-0.05, 0) is 0 Å². The summed E-state index contributed by atoms with van der Waals surface area (Å²) in [5.74, 6) is -10.7. The first-order valence-corrected chi connectivity index (χ1v) is 4.92. The summed E-state index contributed by atoms with van der Waals surface area (Å²) in [6.45, 7) is -2.51. The predicted octanol–water partition coefficient (Wildman–Crippen LogP) is 3.44. The van der Waals surface area contributed by atoms with Crippen LogP contribution in [-0.2, 0) is 14.2 Å². The highest BCUT2D eigenvalue weighted by Gasteiger charge is 2.84. The van der Waals surface area contributed by atoms with Crippen molar-refractivity contribution in [3.05, 3.63) is 0 Å². The molecule has 3 unspecified atom stereocenters. The highest BCUT2D eigenvalue weighted by molar-refractivity contribution is 4.96. The van der Waals surface area contributed by atoms with Gasteiger partial charge in [-0.3, -0.25) is 9.47 Å². The number of rotatable bonds is 3. The van der Waals surface area contributed by atoms with Crippen molar-refractivity contribution in [1.29, 1.82) is 0 Å². The van der Waals surface area contributed by atoms with Crippen LogP contribution >= 0.6 is 0 Å². The Morgan fingerprint density at radius 3 is 1.86 bits per heavy atom. The lowest BCUT2D eigenvalue weighted by molar-refractivity contribution is -0.610. The Balaban J connectivity index is 3.29. The topological polar surface area (TPSA) is 27.7 Å². The minimum atomic E-state index is -6.55. The Labute approximate surface area is 109 Å². The van der Waals surface area contributed by atoms with Crippen molar-refractivity contribution < 1.29 is 58.1 Å². The molecule has 0 N–H and O–H groups in total. The normalized spacial score (nSPS) is 40.6. The third-order valence-corrected chi connectivity index (χ3v) is 2.26. The molecular weight excluding hydrogens is 334 g/mol. The van der Waals surface area contributed by atoms with E-state index in [4.69, 9.17) is 0 Å². The van der Waals surface area contributed by atoms with Crippen molar-refractivity contribution in [2.75, 3.05) is 6.61 Å². The minimum Gasteiger partial charge on any atom is -0.313 e. The van der Waals surface area contributed by atoms with Crippen LogP contribution in [0.3, 0.4) is 0 Å². The summed E-state index contributed by atoms with van der Waals surface area (Å²) in [7, 11) is 0. The molecule has 0 saturated carbocycles. The third kappa shape index (κ3) is 2.90. The first kappa shape index (κ1) is 18.2. The van der Waals surface area contributed by atoms with Gasteiger partial charge in [-0.15, -0.1) is 0 Å². The quantitative estimate of drug-likeness (QED) is 0.737. The molecule has 0 radical (unpaired) electrons. The van der Waals surface area contributed by atoms with Gasteiger partial charge in [0.25, 0.3) is 6.43 Å². The Morgan fingerprint density at radius 1 is 1.00 bits per heavy atom. The second-order valence-corrected chi connectivity index (χ2v) is 3.97. The Bertz CT molecular complexity index is 396. The standard InChI is InChI=1S/C8H6F10O3/c1-4(11)7(16,17)21-5(12,6(13,14)15)8(18,20-4)19-2-3(9)10/h3H,2H2,1H3. The lowest BCUT2D eigenvalue weighted by atomic mass is 10.2. The maximum Gasteiger partial charge on any atom is 0.457 e. The summed E-state index contributed by atoms with van der Waals surface area (Å²) in [4.78, 5) is 0. The molecule has 0 aromatic rings. The molecule has 0 amide bonds. The van der Waals surface area contributed by atoms with Crippen molar-refractivity contribution in [1.82, 2.24) is 0 Å². The van der Waals surface area contributed by atoms with E-state index in [1.807, 2.05) is 0 Å². The zero-order valence-corrected chi connectivity index (χ0v) is 9.79. The average Bonchev–Trinajstić information content (AvgIpc) is 2.21. The number of ether oxygens (including phenoxy) is 3. The summed E-state index contributed by atoms with van der Waals surface area (Å²) in [6.07, 6.45) is -15.8. The lowest BCUT2D eigenvalue weighted by Gasteiger charge is -2.48. The van der Waals surface area contributed by atoms with Crippen LogP contribution in [0.25, 0.3) is 0 Å². The molecule has 0 bridgehead atoms. The molecule has 1 rings (SSSR count). The van der Waals surface area contributed by atoms with Crippen molar-refractivity contribution >= 4 is 0 Å². The fourth-order valence-electron chi connectivity index (χ4n) is 1.22. The summed E-state index contributed by atoms with van der Waals surface area (Å²) in [5.41, 5.74) is 0. The summed E-state index contributed by atoms with van der Waals surface area (Å²) in [6, 6.07) is -5.41. The van der Waals surface area contributed by atoms with E-state index < -0.39 is 43.1 Å². The van der Waals surface area contributed by atoms with Gasteiger partial charge in [-0.1, -0.05) is 0 Å². The van der Waals surface area contributed by atoms with E-state index in [-0.39, 0.29) is 6.92 Å². The Hall–Kier alpha value is -0.820. The summed E-state index contributed by atoms with van der Waals surface area (Å²) in [5, 5.41) is 0. The van der Waals surface area contributed by atoms with Crippen LogP contribution in [0.2, 0.25) is 0 Å². The number of halogens is 10. The van der Waals surface area contributed by atoms with Crippen LogP contribution in [-0.4, -0.2) is 43.1 Å². The Morgan fingerprint density at radius 2 is 1.48 bits per heavy atom. The van der Waals surface area contributed by atoms with Crippen molar-refractivity contribution in [2.45, 2.75) is 43.4 Å². The fourth-order valence-corrected chi connectivity index (χ4v) is 1.22. The summed E-state index contributed by atoms with van der Waals surface area (Å²) >= 11 is 0. The van der Waals surface area contributed by atoms with Gasteiger partial charge in [0.05, 0.1) is 0 Å². The van der Waals surface area contributed by atoms with Crippen LogP contribution in [0.5, 0.6) is 0 Å². The first-order valence-electron chi connectivity index (χ1n) is 4.92. The maximum absolute atomic E-state index is 13.7. The molecule has 1 aliphatic heterocycles. The highest BCUT2D eigenvalue weighted by atomic mass is 19.4. The highest BCUT2D eigenvalue weighted by Crippen LogP contribution is 2.57. The average molecular weight is 340 g/mol. The molecule has 1 saturated heterocycles. The van der Waals surface area contributed by atoms with Crippen LogP contribution in [0.15, 0.2) is 0 Å². The second-order valence-electron chi connectivity index (χ2n) is 3.97. The van der Waals surface area contributed by atoms with Gasteiger partial charge < -0.3 is 4.74 Å². The van der Waals surface area contributed by atoms with E-state index >= 15 is 0 Å². The van der Waals surface area contributed by atoms with Gasteiger partial charge in [-0.2, -0.15) is 30.7 Å². The summed E-state index contributed by atoms with van der Waals surface area (Å²) < 4.78 is 136. The van der Waals surface area contributed by atoms with E-state index in [2.05, 4.69) is 14.2 Å². The van der Waals surface area contributed by atoms with Gasteiger partial charge >= 0.3 is 30.0 Å². The van der Waals surface area contributed by atoms with Crippen molar-refractivity contribution in [2.24, 2.45) is 0 Å². The fraction of sp³-hybridized carbons (Fsp3) is 1.00. The van der Waals surface area contributed by atoms with E-state index in [9.17, 15) is 43.9 Å². The molecule has 1 aliphatic rings. The molecule has 0 spiro atoms. The minimum absolute atomic E-state index is 0.303.